The topological polar surface area (TPSA) is 145 Å². The van der Waals surface area contributed by atoms with Crippen molar-refractivity contribution in [3.05, 3.63) is 70.3 Å². The van der Waals surface area contributed by atoms with Crippen LogP contribution in [0.1, 0.15) is 77.2 Å². The van der Waals surface area contributed by atoms with E-state index >= 15 is 0 Å². The number of rotatable bonds is 15. The minimum Gasteiger partial charge on any atom is -0.390 e. The summed E-state index contributed by atoms with van der Waals surface area (Å²) in [6.45, 7) is 8.07. The molecule has 230 valence electrons. The van der Waals surface area contributed by atoms with Crippen LogP contribution in [0.5, 0.6) is 0 Å². The lowest BCUT2D eigenvalue weighted by molar-refractivity contribution is -0.129. The summed E-state index contributed by atoms with van der Waals surface area (Å²) in [5, 5.41) is 15.1. The molecule has 0 aliphatic rings. The van der Waals surface area contributed by atoms with Crippen LogP contribution in [0.4, 0.5) is 8.78 Å². The third kappa shape index (κ3) is 10.2. The van der Waals surface area contributed by atoms with Gasteiger partial charge in [-0.25, -0.2) is 13.8 Å². The first-order chi connectivity index (χ1) is 19.7. The van der Waals surface area contributed by atoms with E-state index in [0.29, 0.717) is 32.0 Å². The van der Waals surface area contributed by atoms with Crippen LogP contribution in [0.15, 0.2) is 36.4 Å². The minimum absolute atomic E-state index is 0.0561. The lowest BCUT2D eigenvalue weighted by Crippen LogP contribution is -2.52. The highest BCUT2D eigenvalue weighted by Gasteiger charge is 2.26. The number of amides is 4. The van der Waals surface area contributed by atoms with Crippen LogP contribution in [-0.2, 0) is 11.2 Å². The van der Waals surface area contributed by atoms with Gasteiger partial charge in [-0.15, -0.1) is 0 Å². The second kappa shape index (κ2) is 15.9. The highest BCUT2D eigenvalue weighted by atomic mass is 19.1. The Kier molecular flexibility index (Phi) is 13.0. The number of benzene rings is 2. The molecule has 2 aromatic carbocycles. The van der Waals surface area contributed by atoms with Crippen LogP contribution in [0.3, 0.4) is 0 Å². The summed E-state index contributed by atoms with van der Waals surface area (Å²) >= 11 is 0. The minimum atomic E-state index is -1.32. The van der Waals surface area contributed by atoms with E-state index < -0.39 is 35.6 Å². The summed E-state index contributed by atoms with van der Waals surface area (Å²) < 4.78 is 27.9. The Morgan fingerprint density at radius 2 is 1.45 bits per heavy atom. The highest BCUT2D eigenvalue weighted by molar-refractivity contribution is 6.04. The number of aliphatic hydroxyl groups excluding tert-OH is 1. The standard InChI is InChI=1S/C30H41F2N5O5/c1-6-8-37(9-7-2)30(42)22-14-20(27(33)39)13-21(15-22)29(41)34-25(12-19-10-23(31)16-24(32)11-19)26(38)17-36(5)35-28(40)18(3)4/h10-11,13-16,18,25-26,38H,6-9,12,17H2,1-5H3,(H2,33,39)(H,34,41)(H,35,40). The van der Waals surface area contributed by atoms with E-state index in [1.165, 1.54) is 30.3 Å². The maximum Gasteiger partial charge on any atom is 0.253 e. The van der Waals surface area contributed by atoms with Gasteiger partial charge >= 0.3 is 0 Å². The van der Waals surface area contributed by atoms with Gasteiger partial charge in [-0.3, -0.25) is 24.6 Å². The van der Waals surface area contributed by atoms with Gasteiger partial charge in [0.05, 0.1) is 12.1 Å². The molecule has 0 saturated heterocycles. The summed E-state index contributed by atoms with van der Waals surface area (Å²) in [6, 6.07) is 5.68. The Hall–Kier alpha value is -3.90. The Balaban J connectivity index is 2.42. The molecule has 2 atom stereocenters. The van der Waals surface area contributed by atoms with E-state index in [2.05, 4.69) is 10.7 Å². The summed E-state index contributed by atoms with van der Waals surface area (Å²) in [4.78, 5) is 52.5. The monoisotopic (exact) mass is 589 g/mol. The molecule has 0 aromatic heterocycles. The molecule has 5 N–H and O–H groups in total. The molecular weight excluding hydrogens is 548 g/mol. The first-order valence-corrected chi connectivity index (χ1v) is 13.9. The van der Waals surface area contributed by atoms with Crippen LogP contribution in [0.25, 0.3) is 0 Å². The molecule has 0 heterocycles. The Bertz CT molecular complexity index is 1250. The molecule has 0 spiro atoms. The number of halogens is 2. The Labute approximate surface area is 245 Å². The predicted octanol–water partition coefficient (Wildman–Crippen LogP) is 2.65. The van der Waals surface area contributed by atoms with Gasteiger partial charge in [-0.1, -0.05) is 27.7 Å². The highest BCUT2D eigenvalue weighted by Crippen LogP contribution is 2.17. The van der Waals surface area contributed by atoms with E-state index in [0.717, 1.165) is 12.1 Å². The maximum absolute atomic E-state index is 13.9. The molecule has 10 nitrogen and oxygen atoms in total. The smallest absolute Gasteiger partial charge is 0.253 e. The van der Waals surface area contributed by atoms with Crippen molar-refractivity contribution in [1.29, 1.82) is 0 Å². The molecule has 12 heteroatoms. The molecule has 0 aliphatic carbocycles. The fourth-order valence-electron chi connectivity index (χ4n) is 4.35. The van der Waals surface area contributed by atoms with Crippen LogP contribution in [0.2, 0.25) is 0 Å². The first kappa shape index (κ1) is 34.3. The number of nitrogens with one attached hydrogen (secondary N) is 2. The lowest BCUT2D eigenvalue weighted by atomic mass is 9.99. The van der Waals surface area contributed by atoms with E-state index in [-0.39, 0.29) is 53.0 Å². The number of carbonyl (C=O) groups excluding carboxylic acids is 4. The Morgan fingerprint density at radius 1 is 0.905 bits per heavy atom. The largest absolute Gasteiger partial charge is 0.390 e. The van der Waals surface area contributed by atoms with Crippen LogP contribution in [0, 0.1) is 17.6 Å². The van der Waals surface area contributed by atoms with Gasteiger partial charge in [0.2, 0.25) is 11.8 Å². The van der Waals surface area contributed by atoms with Crippen molar-refractivity contribution in [3.8, 4) is 0 Å². The van der Waals surface area contributed by atoms with Crippen LogP contribution >= 0.6 is 0 Å². The summed E-state index contributed by atoms with van der Waals surface area (Å²) in [7, 11) is 1.52. The molecule has 2 unspecified atom stereocenters. The first-order valence-electron chi connectivity index (χ1n) is 13.9. The molecular formula is C30H41F2N5O5. The summed E-state index contributed by atoms with van der Waals surface area (Å²) in [5.41, 5.74) is 8.25. The number of nitrogens with two attached hydrogens (primary N) is 1. The van der Waals surface area contributed by atoms with Crippen molar-refractivity contribution in [1.82, 2.24) is 20.7 Å². The second-order valence-corrected chi connectivity index (χ2v) is 10.6. The fourth-order valence-corrected chi connectivity index (χ4v) is 4.35. The molecule has 2 aromatic rings. The van der Waals surface area contributed by atoms with E-state index in [9.17, 15) is 33.1 Å². The lowest BCUT2D eigenvalue weighted by Gasteiger charge is -2.29. The zero-order valence-electron chi connectivity index (χ0n) is 24.7. The molecule has 0 aliphatic heterocycles. The molecule has 0 bridgehead atoms. The van der Waals surface area contributed by atoms with Crippen molar-refractivity contribution in [2.24, 2.45) is 11.7 Å². The number of nitrogens with zero attached hydrogens (tertiary/aromatic N) is 2. The third-order valence-electron chi connectivity index (χ3n) is 6.45. The van der Waals surface area contributed by atoms with Gasteiger partial charge < -0.3 is 21.1 Å². The van der Waals surface area contributed by atoms with Gasteiger partial charge in [0.15, 0.2) is 0 Å². The zero-order valence-corrected chi connectivity index (χ0v) is 24.7. The second-order valence-electron chi connectivity index (χ2n) is 10.6. The van der Waals surface area contributed by atoms with Crippen LogP contribution in [-0.4, -0.2) is 77.5 Å². The normalized spacial score (nSPS) is 12.6. The number of likely N-dealkylation sites (N-methyl/N-ethyl adjacent to an activating group) is 1. The number of hydrazine groups is 1. The number of aliphatic hydroxyl groups is 1. The van der Waals surface area contributed by atoms with Crippen molar-refractivity contribution in [3.63, 3.8) is 0 Å². The number of hydrogen-bond donors (Lipinski definition) is 4. The van der Waals surface area contributed by atoms with Gasteiger partial charge in [0.25, 0.3) is 11.8 Å². The predicted molar refractivity (Wildman–Crippen MR) is 154 cm³/mol. The number of hydrogen-bond acceptors (Lipinski definition) is 6. The van der Waals surface area contributed by atoms with Gasteiger partial charge in [-0.05, 0) is 55.2 Å². The average Bonchev–Trinajstić information content (AvgIpc) is 2.91. The van der Waals surface area contributed by atoms with E-state index in [1.807, 2.05) is 13.8 Å². The van der Waals surface area contributed by atoms with Crippen molar-refractivity contribution in [2.45, 2.75) is 59.1 Å². The SMILES string of the molecule is CCCN(CCC)C(=O)c1cc(C(N)=O)cc(C(=O)NC(Cc2cc(F)cc(F)c2)C(O)CN(C)NC(=O)C(C)C)c1. The van der Waals surface area contributed by atoms with Gasteiger partial charge in [-0.2, -0.15) is 0 Å². The molecule has 0 saturated carbocycles. The molecule has 42 heavy (non-hydrogen) atoms. The fraction of sp³-hybridized carbons (Fsp3) is 0.467. The molecule has 0 fully saturated rings. The van der Waals surface area contributed by atoms with Gasteiger partial charge in [0, 0.05) is 55.4 Å². The Morgan fingerprint density at radius 3 is 1.98 bits per heavy atom. The van der Waals surface area contributed by atoms with Crippen molar-refractivity contribution < 1.29 is 33.1 Å². The van der Waals surface area contributed by atoms with Crippen LogP contribution < -0.4 is 16.5 Å². The molecule has 0 radical (unpaired) electrons. The zero-order chi connectivity index (χ0) is 31.6. The number of carbonyl (C=O) groups is 4. The van der Waals surface area contributed by atoms with Crippen molar-refractivity contribution in [2.75, 3.05) is 26.7 Å². The maximum atomic E-state index is 13.9. The summed E-state index contributed by atoms with van der Waals surface area (Å²) in [5.74, 6) is -4.23. The van der Waals surface area contributed by atoms with E-state index in [4.69, 9.17) is 5.73 Å². The molecule has 2 rings (SSSR count). The summed E-state index contributed by atoms with van der Waals surface area (Å²) in [6.07, 6.45) is -0.0694. The van der Waals surface area contributed by atoms with E-state index in [1.54, 1.807) is 18.7 Å². The third-order valence-corrected chi connectivity index (χ3v) is 6.45. The van der Waals surface area contributed by atoms with Crippen molar-refractivity contribution >= 4 is 23.6 Å². The molecule has 4 amide bonds. The average molecular weight is 590 g/mol. The quantitative estimate of drug-likeness (QED) is 0.235. The number of primary amides is 1. The van der Waals surface area contributed by atoms with Gasteiger partial charge in [0.1, 0.15) is 11.6 Å².